The van der Waals surface area contributed by atoms with Gasteiger partial charge in [0.2, 0.25) is 11.8 Å². The third-order valence-electron chi connectivity index (χ3n) is 8.10. The second-order valence-electron chi connectivity index (χ2n) is 11.6. The molecule has 3 fully saturated rings. The first-order chi connectivity index (χ1) is 17.0. The quantitative estimate of drug-likeness (QED) is 0.595. The molecule has 2 N–H and O–H groups in total. The maximum Gasteiger partial charge on any atom is 0.246 e. The minimum atomic E-state index is -0.955. The van der Waals surface area contributed by atoms with Gasteiger partial charge in [0.05, 0.1) is 12.1 Å². The first-order valence-electron chi connectivity index (χ1n) is 13.2. The number of benzene rings is 1. The highest BCUT2D eigenvalue weighted by molar-refractivity contribution is 5.90. The largest absolute Gasteiger partial charge is 0.487 e. The fraction of sp³-hybridized carbons (Fsp3) is 0.704. The van der Waals surface area contributed by atoms with E-state index < -0.39 is 29.1 Å². The smallest absolute Gasteiger partial charge is 0.246 e. The predicted octanol–water partition coefficient (Wildman–Crippen LogP) is 3.08. The molecule has 9 heteroatoms. The van der Waals surface area contributed by atoms with E-state index in [1.165, 1.54) is 18.9 Å². The first-order valence-corrected chi connectivity index (χ1v) is 13.2. The normalized spacial score (nSPS) is 26.6. The molecule has 2 heterocycles. The predicted molar refractivity (Wildman–Crippen MR) is 134 cm³/mol. The highest BCUT2D eigenvalue weighted by atomic mass is 19.2. The summed E-state index contributed by atoms with van der Waals surface area (Å²) in [4.78, 5) is 31.1. The van der Waals surface area contributed by atoms with Gasteiger partial charge in [0, 0.05) is 31.2 Å². The molecule has 36 heavy (non-hydrogen) atoms. The van der Waals surface area contributed by atoms with Gasteiger partial charge in [0.1, 0.15) is 17.9 Å². The highest BCUT2D eigenvalue weighted by Gasteiger charge is 2.54. The van der Waals surface area contributed by atoms with Gasteiger partial charge in [0.15, 0.2) is 11.6 Å². The molecule has 1 saturated carbocycles. The monoisotopic (exact) mass is 506 g/mol. The van der Waals surface area contributed by atoms with Gasteiger partial charge >= 0.3 is 0 Å². The summed E-state index contributed by atoms with van der Waals surface area (Å²) in [6.07, 6.45) is 5.08. The number of likely N-dealkylation sites (tertiary alicyclic amines) is 2. The van der Waals surface area contributed by atoms with Crippen molar-refractivity contribution in [2.75, 3.05) is 20.1 Å². The van der Waals surface area contributed by atoms with Crippen LogP contribution in [-0.2, 0) is 9.59 Å². The zero-order valence-electron chi connectivity index (χ0n) is 22.0. The fourth-order valence-electron chi connectivity index (χ4n) is 6.02. The summed E-state index contributed by atoms with van der Waals surface area (Å²) in [5.41, 5.74) is -0.502. The van der Waals surface area contributed by atoms with E-state index in [-0.39, 0.29) is 35.8 Å². The van der Waals surface area contributed by atoms with Crippen LogP contribution in [0.1, 0.15) is 59.8 Å². The number of hydrogen-bond acceptors (Lipinski definition) is 5. The van der Waals surface area contributed by atoms with Crippen molar-refractivity contribution >= 4 is 11.8 Å². The second kappa shape index (κ2) is 10.6. The minimum Gasteiger partial charge on any atom is -0.487 e. The van der Waals surface area contributed by atoms with Gasteiger partial charge in [-0.2, -0.15) is 0 Å². The molecule has 7 nitrogen and oxygen atoms in total. The van der Waals surface area contributed by atoms with E-state index in [9.17, 15) is 18.4 Å². The van der Waals surface area contributed by atoms with Crippen LogP contribution in [0, 0.1) is 17.0 Å². The number of amides is 2. The maximum absolute atomic E-state index is 14.0. The Hall–Kier alpha value is -2.26. The Bertz CT molecular complexity index is 963. The summed E-state index contributed by atoms with van der Waals surface area (Å²) in [6, 6.07) is 2.80. The van der Waals surface area contributed by atoms with Crippen molar-refractivity contribution in [3.8, 4) is 5.75 Å². The lowest BCUT2D eigenvalue weighted by Gasteiger charge is -2.37. The number of halogens is 2. The summed E-state index contributed by atoms with van der Waals surface area (Å²) in [5.74, 6) is -1.97. The standard InChI is InChI=1S/C27H40F2N4O3/c1-16(30-5)25(34)31-24(27(2,3)4)26(35)32-13-12-21-23(32)22(15-33(21)17-8-6-7-9-17)36-18-10-11-19(28)20(29)14-18/h10-11,14,16-17,21-24,30H,6-9,12-13,15H2,1-5H3,(H,31,34)/t16-,21+,22-,23-,24+/m0/s1. The van der Waals surface area contributed by atoms with E-state index in [1.807, 2.05) is 25.7 Å². The Labute approximate surface area is 212 Å². The number of likely N-dealkylation sites (N-methyl/N-ethyl adjacent to an activating group) is 1. The molecule has 2 aliphatic heterocycles. The van der Waals surface area contributed by atoms with Crippen LogP contribution in [0.25, 0.3) is 0 Å². The number of carbonyl (C=O) groups is 2. The Morgan fingerprint density at radius 2 is 1.81 bits per heavy atom. The molecule has 1 aromatic carbocycles. The van der Waals surface area contributed by atoms with Crippen LogP contribution >= 0.6 is 0 Å². The van der Waals surface area contributed by atoms with Crippen LogP contribution < -0.4 is 15.4 Å². The van der Waals surface area contributed by atoms with E-state index in [0.29, 0.717) is 19.1 Å². The van der Waals surface area contributed by atoms with Crippen LogP contribution in [0.15, 0.2) is 18.2 Å². The Balaban J connectivity index is 1.61. The lowest BCUT2D eigenvalue weighted by Crippen LogP contribution is -2.59. The van der Waals surface area contributed by atoms with Crippen molar-refractivity contribution < 1.29 is 23.1 Å². The molecule has 4 rings (SSSR count). The molecule has 5 atom stereocenters. The van der Waals surface area contributed by atoms with E-state index >= 15 is 0 Å². The number of nitrogens with one attached hydrogen (secondary N) is 2. The van der Waals surface area contributed by atoms with Gasteiger partial charge < -0.3 is 20.3 Å². The molecule has 2 amide bonds. The van der Waals surface area contributed by atoms with Crippen molar-refractivity contribution in [2.24, 2.45) is 5.41 Å². The van der Waals surface area contributed by atoms with Gasteiger partial charge in [0.25, 0.3) is 0 Å². The minimum absolute atomic E-state index is 0.126. The number of ether oxygens (including phenoxy) is 1. The van der Waals surface area contributed by atoms with Crippen LogP contribution in [0.3, 0.4) is 0 Å². The van der Waals surface area contributed by atoms with Crippen molar-refractivity contribution in [3.63, 3.8) is 0 Å². The Morgan fingerprint density at radius 3 is 2.42 bits per heavy atom. The summed E-state index contributed by atoms with van der Waals surface area (Å²) in [5, 5.41) is 5.90. The van der Waals surface area contributed by atoms with Crippen molar-refractivity contribution in [1.29, 1.82) is 0 Å². The number of rotatable bonds is 7. The number of carbonyl (C=O) groups excluding carboxylic acids is 2. The number of nitrogens with zero attached hydrogens (tertiary/aromatic N) is 2. The average molecular weight is 507 g/mol. The van der Waals surface area contributed by atoms with Crippen LogP contribution in [0.4, 0.5) is 8.78 Å². The van der Waals surface area contributed by atoms with Crippen LogP contribution in [-0.4, -0.2) is 78.1 Å². The summed E-state index contributed by atoms with van der Waals surface area (Å²) < 4.78 is 33.7. The lowest BCUT2D eigenvalue weighted by atomic mass is 9.85. The molecule has 3 aliphatic rings. The van der Waals surface area contributed by atoms with Crippen molar-refractivity contribution in [1.82, 2.24) is 20.4 Å². The topological polar surface area (TPSA) is 73.9 Å². The zero-order valence-corrected chi connectivity index (χ0v) is 22.0. The zero-order chi connectivity index (χ0) is 26.2. The first kappa shape index (κ1) is 26.8. The van der Waals surface area contributed by atoms with Gasteiger partial charge in [-0.1, -0.05) is 33.6 Å². The maximum atomic E-state index is 14.0. The molecule has 0 unspecified atom stereocenters. The molecule has 200 valence electrons. The van der Waals surface area contributed by atoms with Crippen LogP contribution in [0.5, 0.6) is 5.75 Å². The molecule has 1 aromatic rings. The number of fused-ring (bicyclic) bond motifs is 1. The Kier molecular flexibility index (Phi) is 7.90. The molecular formula is C27H40F2N4O3. The summed E-state index contributed by atoms with van der Waals surface area (Å²) in [7, 11) is 1.71. The fourth-order valence-corrected chi connectivity index (χ4v) is 6.02. The molecule has 1 aliphatic carbocycles. The molecule has 0 radical (unpaired) electrons. The van der Waals surface area contributed by atoms with E-state index in [0.717, 1.165) is 31.4 Å². The molecule has 0 spiro atoms. The van der Waals surface area contributed by atoms with Crippen molar-refractivity contribution in [2.45, 2.75) is 96.1 Å². The third kappa shape index (κ3) is 5.37. The van der Waals surface area contributed by atoms with Gasteiger partial charge in [-0.25, -0.2) is 8.78 Å². The Morgan fingerprint density at radius 1 is 1.11 bits per heavy atom. The van der Waals surface area contributed by atoms with E-state index in [4.69, 9.17) is 4.74 Å². The van der Waals surface area contributed by atoms with Crippen molar-refractivity contribution in [3.05, 3.63) is 29.8 Å². The van der Waals surface area contributed by atoms with E-state index in [1.54, 1.807) is 14.0 Å². The van der Waals surface area contributed by atoms with E-state index in [2.05, 4.69) is 15.5 Å². The van der Waals surface area contributed by atoms with Gasteiger partial charge in [-0.05, 0) is 50.8 Å². The summed E-state index contributed by atoms with van der Waals surface area (Å²) in [6.45, 7) is 8.80. The van der Waals surface area contributed by atoms with Crippen LogP contribution in [0.2, 0.25) is 0 Å². The SMILES string of the molecule is CN[C@@H](C)C(=O)N[C@H](C(=O)N1CC[C@@H]2[C@H]1[C@@H](Oc1ccc(F)c(F)c1)CN2C1CCCC1)C(C)(C)C. The molecule has 0 bridgehead atoms. The van der Waals surface area contributed by atoms with Gasteiger partial charge in [-0.3, -0.25) is 14.5 Å². The highest BCUT2D eigenvalue weighted by Crippen LogP contribution is 2.40. The average Bonchev–Trinajstić information content (AvgIpc) is 3.56. The molecular weight excluding hydrogens is 466 g/mol. The lowest BCUT2D eigenvalue weighted by molar-refractivity contribution is -0.141. The third-order valence-corrected chi connectivity index (χ3v) is 8.10. The molecule has 2 saturated heterocycles. The molecule has 0 aromatic heterocycles. The number of hydrogen-bond donors (Lipinski definition) is 2. The second-order valence-corrected chi connectivity index (χ2v) is 11.6. The van der Waals surface area contributed by atoms with Gasteiger partial charge in [-0.15, -0.1) is 0 Å². The summed E-state index contributed by atoms with van der Waals surface area (Å²) >= 11 is 0.